The average Bonchev–Trinajstić information content (AvgIpc) is 3.14. The highest BCUT2D eigenvalue weighted by Gasteiger charge is 2.24. The Kier molecular flexibility index (Phi) is 5.82. The molecule has 0 unspecified atom stereocenters. The van der Waals surface area contributed by atoms with Gasteiger partial charge < -0.3 is 14.6 Å². The summed E-state index contributed by atoms with van der Waals surface area (Å²) in [5.74, 6) is -0.593. The Morgan fingerprint density at radius 1 is 0.567 bits per heavy atom. The molecule has 30 heavy (non-hydrogen) atoms. The summed E-state index contributed by atoms with van der Waals surface area (Å²) in [6, 6.07) is 35.4. The van der Waals surface area contributed by atoms with E-state index in [-0.39, 0.29) is 0 Å². The van der Waals surface area contributed by atoms with E-state index in [1.165, 1.54) is 29.2 Å². The van der Waals surface area contributed by atoms with Crippen molar-refractivity contribution >= 4 is 0 Å². The predicted octanol–water partition coefficient (Wildman–Crippen LogP) is 6.07. The van der Waals surface area contributed by atoms with Crippen molar-refractivity contribution in [3.05, 3.63) is 120 Å². The molecule has 0 spiro atoms. The second kappa shape index (κ2) is 8.85. The first-order valence-electron chi connectivity index (χ1n) is 9.97. The molecule has 0 heterocycles. The van der Waals surface area contributed by atoms with E-state index < -0.39 is 5.97 Å². The Labute approximate surface area is 177 Å². The first-order valence-corrected chi connectivity index (χ1v) is 9.97. The van der Waals surface area contributed by atoms with Crippen LogP contribution in [-0.4, -0.2) is 11.1 Å². The van der Waals surface area contributed by atoms with Crippen LogP contribution in [0.4, 0.5) is 0 Å². The van der Waals surface area contributed by atoms with Crippen molar-refractivity contribution in [3.63, 3.8) is 0 Å². The Bertz CT molecular complexity index is 1000. The van der Waals surface area contributed by atoms with Crippen molar-refractivity contribution in [2.75, 3.05) is 0 Å². The normalized spacial score (nSPS) is 11.5. The topological polar surface area (TPSA) is 38.7 Å². The van der Waals surface area contributed by atoms with Crippen LogP contribution in [0, 0.1) is 0 Å². The van der Waals surface area contributed by atoms with Crippen LogP contribution in [0.15, 0.2) is 109 Å². The summed E-state index contributed by atoms with van der Waals surface area (Å²) >= 11 is 0. The number of hydrogen-bond donors (Lipinski definition) is 1. The molecule has 150 valence electrons. The van der Waals surface area contributed by atoms with E-state index in [0.29, 0.717) is 11.5 Å². The summed E-state index contributed by atoms with van der Waals surface area (Å²) in [4.78, 5) is 0. The van der Waals surface area contributed by atoms with Gasteiger partial charge in [-0.15, -0.1) is 0 Å². The molecule has 4 aromatic carbocycles. The van der Waals surface area contributed by atoms with Crippen LogP contribution >= 0.6 is 0 Å². The Hall–Kier alpha value is -3.56. The zero-order chi connectivity index (χ0) is 20.8. The highest BCUT2D eigenvalue weighted by atomic mass is 16.8. The minimum absolute atomic E-state index is 0.549. The van der Waals surface area contributed by atoms with Gasteiger partial charge in [0, 0.05) is 6.92 Å². The monoisotopic (exact) mass is 396 g/mol. The lowest BCUT2D eigenvalue weighted by Gasteiger charge is -2.25. The highest BCUT2D eigenvalue weighted by Crippen LogP contribution is 2.35. The van der Waals surface area contributed by atoms with Crippen LogP contribution in [0.2, 0.25) is 0 Å². The molecule has 0 saturated heterocycles. The first-order chi connectivity index (χ1) is 14.6. The number of para-hydroxylation sites is 2. The quantitative estimate of drug-likeness (QED) is 0.375. The fraction of sp³-hybridized carbons (Fsp3) is 0.111. The molecule has 3 nitrogen and oxygen atoms in total. The van der Waals surface area contributed by atoms with Crippen LogP contribution in [0.5, 0.6) is 11.5 Å². The van der Waals surface area contributed by atoms with Gasteiger partial charge in [-0.3, -0.25) is 0 Å². The SMILES string of the molecule is CC(O)(Oc1ccccc1)Oc1ccccc1.c1ccc2c(c1)Cc1ccccc1-2. The maximum Gasteiger partial charge on any atom is 0.366 e. The Morgan fingerprint density at radius 2 is 0.933 bits per heavy atom. The number of ether oxygens (including phenoxy) is 2. The van der Waals surface area contributed by atoms with E-state index in [1.54, 1.807) is 24.3 Å². The fourth-order valence-corrected chi connectivity index (χ4v) is 3.51. The number of hydrogen-bond acceptors (Lipinski definition) is 3. The van der Waals surface area contributed by atoms with Crippen LogP contribution in [-0.2, 0) is 6.42 Å². The van der Waals surface area contributed by atoms with E-state index in [2.05, 4.69) is 48.5 Å². The van der Waals surface area contributed by atoms with Gasteiger partial charge in [-0.1, -0.05) is 84.9 Å². The summed E-state index contributed by atoms with van der Waals surface area (Å²) < 4.78 is 10.7. The lowest BCUT2D eigenvalue weighted by molar-refractivity contribution is -0.258. The molecule has 1 aliphatic carbocycles. The molecule has 0 radical (unpaired) electrons. The van der Waals surface area contributed by atoms with Crippen LogP contribution in [0.3, 0.4) is 0 Å². The van der Waals surface area contributed by atoms with Gasteiger partial charge in [0.15, 0.2) is 0 Å². The molecule has 1 aliphatic rings. The van der Waals surface area contributed by atoms with E-state index in [4.69, 9.17) is 9.47 Å². The third-order valence-corrected chi connectivity index (χ3v) is 4.81. The van der Waals surface area contributed by atoms with Gasteiger partial charge in [0.25, 0.3) is 0 Å². The lowest BCUT2D eigenvalue weighted by atomic mass is 10.1. The molecular weight excluding hydrogens is 372 g/mol. The van der Waals surface area contributed by atoms with Crippen molar-refractivity contribution in [3.8, 4) is 22.6 Å². The molecule has 0 atom stereocenters. The summed E-state index contributed by atoms with van der Waals surface area (Å²) in [6.07, 6.45) is 1.10. The number of aliphatic hydroxyl groups is 1. The summed E-state index contributed by atoms with van der Waals surface area (Å²) in [5.41, 5.74) is 5.75. The molecule has 0 amide bonds. The third kappa shape index (κ3) is 4.88. The van der Waals surface area contributed by atoms with Crippen molar-refractivity contribution in [1.29, 1.82) is 0 Å². The zero-order valence-corrected chi connectivity index (χ0v) is 16.9. The second-order valence-electron chi connectivity index (χ2n) is 7.22. The molecule has 0 aliphatic heterocycles. The van der Waals surface area contributed by atoms with Gasteiger partial charge >= 0.3 is 5.97 Å². The number of fused-ring (bicyclic) bond motifs is 3. The van der Waals surface area contributed by atoms with Crippen LogP contribution in [0.1, 0.15) is 18.1 Å². The zero-order valence-electron chi connectivity index (χ0n) is 16.9. The lowest BCUT2D eigenvalue weighted by Crippen LogP contribution is -2.38. The van der Waals surface area contributed by atoms with Crippen LogP contribution < -0.4 is 9.47 Å². The summed E-state index contributed by atoms with van der Waals surface area (Å²) in [7, 11) is 0. The van der Waals surface area contributed by atoms with E-state index in [0.717, 1.165) is 6.42 Å². The summed E-state index contributed by atoms with van der Waals surface area (Å²) in [6.45, 7) is 1.45. The molecule has 0 aromatic heterocycles. The highest BCUT2D eigenvalue weighted by molar-refractivity contribution is 5.76. The summed E-state index contributed by atoms with van der Waals surface area (Å²) in [5, 5.41) is 9.98. The Balaban J connectivity index is 0.000000150. The van der Waals surface area contributed by atoms with Gasteiger partial charge in [-0.05, 0) is 52.9 Å². The first kappa shape index (κ1) is 19.7. The van der Waals surface area contributed by atoms with Gasteiger partial charge in [0.05, 0.1) is 0 Å². The third-order valence-electron chi connectivity index (χ3n) is 4.81. The second-order valence-corrected chi connectivity index (χ2v) is 7.22. The minimum atomic E-state index is -1.69. The molecule has 1 N–H and O–H groups in total. The fourth-order valence-electron chi connectivity index (χ4n) is 3.51. The Morgan fingerprint density at radius 3 is 1.37 bits per heavy atom. The number of rotatable bonds is 4. The molecule has 0 saturated carbocycles. The standard InChI is InChI=1S/C14H14O3.C13H10/c1-14(15,16-12-8-4-2-5-9-12)17-13-10-6-3-7-11-13;1-3-7-12-10(5-1)9-11-6-2-4-8-13(11)12/h2-11,15H,1H3;1-8H,9H2. The number of benzene rings is 4. The van der Waals surface area contributed by atoms with Crippen molar-refractivity contribution in [1.82, 2.24) is 0 Å². The van der Waals surface area contributed by atoms with E-state index >= 15 is 0 Å². The molecular formula is C27H24O3. The molecule has 0 bridgehead atoms. The van der Waals surface area contributed by atoms with Gasteiger partial charge in [-0.25, -0.2) is 0 Å². The predicted molar refractivity (Wildman–Crippen MR) is 119 cm³/mol. The average molecular weight is 396 g/mol. The minimum Gasteiger partial charge on any atom is -0.430 e. The van der Waals surface area contributed by atoms with Gasteiger partial charge in [0.1, 0.15) is 11.5 Å². The van der Waals surface area contributed by atoms with Crippen molar-refractivity contribution in [2.24, 2.45) is 0 Å². The van der Waals surface area contributed by atoms with Crippen molar-refractivity contribution in [2.45, 2.75) is 19.3 Å². The van der Waals surface area contributed by atoms with Gasteiger partial charge in [0.2, 0.25) is 0 Å². The molecule has 4 aromatic rings. The van der Waals surface area contributed by atoms with Gasteiger partial charge in [-0.2, -0.15) is 0 Å². The smallest absolute Gasteiger partial charge is 0.366 e. The van der Waals surface area contributed by atoms with E-state index in [9.17, 15) is 5.11 Å². The van der Waals surface area contributed by atoms with Crippen molar-refractivity contribution < 1.29 is 14.6 Å². The molecule has 3 heteroatoms. The maximum absolute atomic E-state index is 9.98. The van der Waals surface area contributed by atoms with Crippen LogP contribution in [0.25, 0.3) is 11.1 Å². The largest absolute Gasteiger partial charge is 0.430 e. The molecule has 5 rings (SSSR count). The maximum atomic E-state index is 9.98. The molecule has 0 fully saturated rings. The van der Waals surface area contributed by atoms with E-state index in [1.807, 2.05) is 36.4 Å².